The Labute approximate surface area is 328 Å². The predicted octanol–water partition coefficient (Wildman–Crippen LogP) is 11.6. The molecule has 0 aliphatic heterocycles. The Bertz CT molecular complexity index is 2410. The van der Waals surface area contributed by atoms with E-state index in [9.17, 15) is 9.50 Å². The van der Waals surface area contributed by atoms with E-state index in [-0.39, 0.29) is 11.7 Å². The maximum absolute atomic E-state index is 14.3. The van der Waals surface area contributed by atoms with E-state index in [1.165, 1.54) is 12.1 Å². The molecule has 4 nitrogen and oxygen atoms in total. The van der Waals surface area contributed by atoms with Gasteiger partial charge in [0.1, 0.15) is 17.0 Å². The van der Waals surface area contributed by atoms with Crippen molar-refractivity contribution in [2.75, 3.05) is 0 Å². The van der Waals surface area contributed by atoms with E-state index in [1.54, 1.807) is 12.1 Å². The summed E-state index contributed by atoms with van der Waals surface area (Å²) in [6, 6.07) is 63.7. The van der Waals surface area contributed by atoms with Gasteiger partial charge in [0.2, 0.25) is 0 Å². The van der Waals surface area contributed by atoms with Gasteiger partial charge in [-0.15, -0.1) is 0 Å². The number of rotatable bonds is 11. The van der Waals surface area contributed by atoms with Gasteiger partial charge in [-0.3, -0.25) is 0 Å². The van der Waals surface area contributed by atoms with E-state index < -0.39 is 11.1 Å². The first-order valence-electron chi connectivity index (χ1n) is 18.9. The van der Waals surface area contributed by atoms with Crippen molar-refractivity contribution in [3.63, 3.8) is 0 Å². The van der Waals surface area contributed by atoms with Crippen LogP contribution in [-0.4, -0.2) is 20.4 Å². The number of aromatic nitrogens is 2. The fourth-order valence-electron chi connectivity index (χ4n) is 7.80. The monoisotopic (exact) mass is 731 g/mol. The maximum atomic E-state index is 14.3. The summed E-state index contributed by atoms with van der Waals surface area (Å²) in [4.78, 5) is 10.3. The molecular weight excluding hydrogens is 690 g/mol. The van der Waals surface area contributed by atoms with E-state index in [4.69, 9.17) is 9.98 Å². The third-order valence-corrected chi connectivity index (χ3v) is 10.7. The van der Waals surface area contributed by atoms with Crippen molar-refractivity contribution in [2.45, 2.75) is 25.0 Å². The van der Waals surface area contributed by atoms with Gasteiger partial charge >= 0.3 is 0 Å². The molecule has 0 spiro atoms. The van der Waals surface area contributed by atoms with Crippen molar-refractivity contribution >= 4 is 11.4 Å². The summed E-state index contributed by atoms with van der Waals surface area (Å²) >= 11 is 0. The second-order valence-corrected chi connectivity index (χ2v) is 14.3. The molecule has 0 radical (unpaired) electrons. The Morgan fingerprint density at radius 1 is 0.589 bits per heavy atom. The van der Waals surface area contributed by atoms with Crippen LogP contribution in [0.15, 0.2) is 212 Å². The number of nitrogens with zero attached hydrogens (tertiary/aromatic N) is 3. The van der Waals surface area contributed by atoms with Crippen molar-refractivity contribution in [2.24, 2.45) is 10.9 Å². The van der Waals surface area contributed by atoms with Crippen molar-refractivity contribution in [1.82, 2.24) is 9.55 Å². The van der Waals surface area contributed by atoms with E-state index in [0.29, 0.717) is 16.9 Å². The van der Waals surface area contributed by atoms with Crippen LogP contribution < -0.4 is 0 Å². The molecule has 0 aliphatic carbocycles. The largest absolute Gasteiger partial charge is 0.378 e. The predicted molar refractivity (Wildman–Crippen MR) is 225 cm³/mol. The van der Waals surface area contributed by atoms with Crippen LogP contribution in [0.2, 0.25) is 0 Å². The lowest BCUT2D eigenvalue weighted by Crippen LogP contribution is -2.37. The van der Waals surface area contributed by atoms with Gasteiger partial charge in [0.15, 0.2) is 0 Å². The standard InChI is InChI=1S/C51H42FN3O/c1-37(2)51(56,48-35-55(36-53-48)50(41-22-12-5-13-23-41,42-24-14-6-15-25-42)43-26-16-7-17-27-43)44-30-33-47(46(34-44)38-28-31-45(52)32-29-38)54-49(39-18-8-3-9-19-39)40-20-10-4-11-21-40/h3-37,56H,1-2H3. The van der Waals surface area contributed by atoms with Crippen LogP contribution in [0.1, 0.15) is 52.9 Å². The zero-order chi connectivity index (χ0) is 38.5. The number of benzene rings is 7. The first-order chi connectivity index (χ1) is 27.4. The molecule has 8 aromatic rings. The summed E-state index contributed by atoms with van der Waals surface area (Å²) < 4.78 is 16.5. The molecule has 1 aromatic heterocycles. The van der Waals surface area contributed by atoms with E-state index in [2.05, 4.69) is 77.4 Å². The summed E-state index contributed by atoms with van der Waals surface area (Å²) in [6.45, 7) is 4.01. The number of aliphatic hydroxyl groups is 1. The molecule has 0 fully saturated rings. The molecular formula is C51H42FN3O. The quantitative estimate of drug-likeness (QED) is 0.106. The summed E-state index contributed by atoms with van der Waals surface area (Å²) in [5.41, 5.74) is 7.00. The topological polar surface area (TPSA) is 50.4 Å². The zero-order valence-electron chi connectivity index (χ0n) is 31.4. The highest BCUT2D eigenvalue weighted by molar-refractivity contribution is 6.14. The maximum Gasteiger partial charge on any atom is 0.135 e. The van der Waals surface area contributed by atoms with E-state index >= 15 is 0 Å². The van der Waals surface area contributed by atoms with Crippen LogP contribution in [0.5, 0.6) is 0 Å². The molecule has 1 heterocycles. The first-order valence-corrected chi connectivity index (χ1v) is 18.9. The minimum absolute atomic E-state index is 0.287. The number of halogens is 1. The van der Waals surface area contributed by atoms with Gasteiger partial charge in [0, 0.05) is 22.9 Å². The molecule has 8 rings (SSSR count). The van der Waals surface area contributed by atoms with Gasteiger partial charge in [0.05, 0.1) is 23.4 Å². The lowest BCUT2D eigenvalue weighted by Gasteiger charge is -2.37. The van der Waals surface area contributed by atoms with Gasteiger partial charge in [0.25, 0.3) is 0 Å². The van der Waals surface area contributed by atoms with Crippen LogP contribution in [0.25, 0.3) is 11.1 Å². The van der Waals surface area contributed by atoms with Crippen LogP contribution in [-0.2, 0) is 11.1 Å². The fourth-order valence-corrected chi connectivity index (χ4v) is 7.80. The summed E-state index contributed by atoms with van der Waals surface area (Å²) in [5.74, 6) is -0.614. The summed E-state index contributed by atoms with van der Waals surface area (Å²) in [6.07, 6.45) is 3.82. The molecule has 7 aromatic carbocycles. The third-order valence-electron chi connectivity index (χ3n) is 10.7. The van der Waals surface area contributed by atoms with Crippen molar-refractivity contribution in [1.29, 1.82) is 0 Å². The lowest BCUT2D eigenvalue weighted by molar-refractivity contribution is 0.0278. The number of imidazole rings is 1. The van der Waals surface area contributed by atoms with Crippen molar-refractivity contribution in [3.8, 4) is 11.1 Å². The molecule has 0 saturated heterocycles. The lowest BCUT2D eigenvalue weighted by atomic mass is 9.76. The van der Waals surface area contributed by atoms with Gasteiger partial charge in [-0.1, -0.05) is 184 Å². The van der Waals surface area contributed by atoms with E-state index in [1.807, 2.05) is 123 Å². The molecule has 56 heavy (non-hydrogen) atoms. The Hall–Kier alpha value is -6.69. The van der Waals surface area contributed by atoms with Gasteiger partial charge < -0.3 is 9.67 Å². The number of aliphatic imine (C=N–C) groups is 1. The Morgan fingerprint density at radius 3 is 1.52 bits per heavy atom. The molecule has 0 amide bonds. The highest BCUT2D eigenvalue weighted by atomic mass is 19.1. The first kappa shape index (κ1) is 36.3. The minimum Gasteiger partial charge on any atom is -0.378 e. The van der Waals surface area contributed by atoms with Crippen LogP contribution in [0.3, 0.4) is 0 Å². The summed E-state index contributed by atoms with van der Waals surface area (Å²) in [5, 5.41) is 13.1. The molecule has 5 heteroatoms. The second kappa shape index (κ2) is 15.6. The molecule has 1 atom stereocenters. The normalized spacial score (nSPS) is 12.6. The molecule has 0 saturated carbocycles. The highest BCUT2D eigenvalue weighted by Gasteiger charge is 2.42. The molecule has 1 unspecified atom stereocenters. The SMILES string of the molecule is CC(C)C(O)(c1ccc(N=C(c2ccccc2)c2ccccc2)c(-c2ccc(F)cc2)c1)c1cn(C(c2ccccc2)(c2ccccc2)c2ccccc2)cn1. The minimum atomic E-state index is -1.51. The Balaban J connectivity index is 1.33. The van der Waals surface area contributed by atoms with Crippen LogP contribution >= 0.6 is 0 Å². The molecule has 274 valence electrons. The van der Waals surface area contributed by atoms with Gasteiger partial charge in [-0.25, -0.2) is 14.4 Å². The average molecular weight is 732 g/mol. The summed E-state index contributed by atoms with van der Waals surface area (Å²) in [7, 11) is 0. The molecule has 1 N–H and O–H groups in total. The second-order valence-electron chi connectivity index (χ2n) is 14.3. The Morgan fingerprint density at radius 2 is 1.05 bits per heavy atom. The van der Waals surface area contributed by atoms with Crippen molar-refractivity contribution < 1.29 is 9.50 Å². The number of hydrogen-bond acceptors (Lipinski definition) is 3. The highest BCUT2D eigenvalue weighted by Crippen LogP contribution is 2.44. The van der Waals surface area contributed by atoms with Crippen molar-refractivity contribution in [3.05, 3.63) is 252 Å². The number of hydrogen-bond donors (Lipinski definition) is 1. The van der Waals surface area contributed by atoms with E-state index in [0.717, 1.165) is 44.7 Å². The van der Waals surface area contributed by atoms with Gasteiger partial charge in [-0.2, -0.15) is 0 Å². The average Bonchev–Trinajstić information content (AvgIpc) is 3.76. The fraction of sp³-hybridized carbons (Fsp3) is 0.0980. The third kappa shape index (κ3) is 6.67. The van der Waals surface area contributed by atoms with Gasteiger partial charge in [-0.05, 0) is 58.0 Å². The van der Waals surface area contributed by atoms with Crippen LogP contribution in [0, 0.1) is 11.7 Å². The molecule has 0 aliphatic rings. The molecule has 0 bridgehead atoms. The van der Waals surface area contributed by atoms with Crippen LogP contribution in [0.4, 0.5) is 10.1 Å². The Kier molecular flexibility index (Phi) is 10.1. The smallest absolute Gasteiger partial charge is 0.135 e. The zero-order valence-corrected chi connectivity index (χ0v) is 31.4.